The van der Waals surface area contributed by atoms with E-state index in [1.54, 1.807) is 48.5 Å². The van der Waals surface area contributed by atoms with Crippen LogP contribution in [0.5, 0.6) is 0 Å². The number of nitrogens with one attached hydrogen (secondary N) is 2. The van der Waals surface area contributed by atoms with Gasteiger partial charge in [0.25, 0.3) is 5.91 Å². The summed E-state index contributed by atoms with van der Waals surface area (Å²) in [6.45, 7) is 3.97. The van der Waals surface area contributed by atoms with E-state index in [0.717, 1.165) is 21.7 Å². The Balaban J connectivity index is 1.46. The molecule has 0 unspecified atom stereocenters. The first-order valence-corrected chi connectivity index (χ1v) is 12.0. The number of carbonyl (C=O) groups is 3. The van der Waals surface area contributed by atoms with Crippen LogP contribution in [0.1, 0.15) is 31.8 Å². The van der Waals surface area contributed by atoms with E-state index in [4.69, 9.17) is 0 Å². The number of carbonyl (C=O) groups excluding carboxylic acids is 2. The lowest BCUT2D eigenvalue weighted by Gasteiger charge is -2.11. The number of hydrogen-bond donors (Lipinski definition) is 3. The van der Waals surface area contributed by atoms with Crippen LogP contribution < -0.4 is 10.6 Å². The summed E-state index contributed by atoms with van der Waals surface area (Å²) in [7, 11) is 0. The molecule has 4 rings (SSSR count). The lowest BCUT2D eigenvalue weighted by molar-refractivity contribution is -0.113. The zero-order chi connectivity index (χ0) is 24.9. The minimum Gasteiger partial charge on any atom is -0.478 e. The van der Waals surface area contributed by atoms with Crippen LogP contribution in [0.25, 0.3) is 10.8 Å². The molecule has 2 amide bonds. The summed E-state index contributed by atoms with van der Waals surface area (Å²) in [6, 6.07) is 23.1. The molecule has 4 aromatic carbocycles. The molecular weight excluding hydrogens is 460 g/mol. The second-order valence-corrected chi connectivity index (χ2v) is 9.26. The molecule has 0 bridgehead atoms. The summed E-state index contributed by atoms with van der Waals surface area (Å²) in [6.07, 6.45) is 0. The first kappa shape index (κ1) is 24.0. The first-order valence-electron chi connectivity index (χ1n) is 11.0. The number of benzene rings is 4. The van der Waals surface area contributed by atoms with Crippen LogP contribution in [-0.2, 0) is 4.79 Å². The molecule has 0 spiro atoms. The fourth-order valence-corrected chi connectivity index (χ4v) is 4.72. The highest BCUT2D eigenvalue weighted by molar-refractivity contribution is 8.00. The van der Waals surface area contributed by atoms with Crippen LogP contribution in [-0.4, -0.2) is 28.6 Å². The Labute approximate surface area is 207 Å². The van der Waals surface area contributed by atoms with Gasteiger partial charge >= 0.3 is 5.97 Å². The van der Waals surface area contributed by atoms with Crippen molar-refractivity contribution in [1.29, 1.82) is 0 Å². The maximum Gasteiger partial charge on any atom is 0.336 e. The molecule has 0 aliphatic rings. The number of hydrogen-bond acceptors (Lipinski definition) is 4. The van der Waals surface area contributed by atoms with Crippen molar-refractivity contribution in [2.75, 3.05) is 16.4 Å². The second kappa shape index (κ2) is 10.4. The van der Waals surface area contributed by atoms with E-state index in [1.165, 1.54) is 17.8 Å². The Hall–Kier alpha value is -4.10. The third-order valence-corrected chi connectivity index (χ3v) is 6.34. The molecule has 4 aromatic rings. The smallest absolute Gasteiger partial charge is 0.336 e. The summed E-state index contributed by atoms with van der Waals surface area (Å²) >= 11 is 1.36. The topological polar surface area (TPSA) is 95.5 Å². The van der Waals surface area contributed by atoms with Crippen molar-refractivity contribution in [2.24, 2.45) is 0 Å². The minimum absolute atomic E-state index is 0.0763. The average Bonchev–Trinajstić information content (AvgIpc) is 2.81. The monoisotopic (exact) mass is 484 g/mol. The van der Waals surface area contributed by atoms with E-state index < -0.39 is 11.9 Å². The fourth-order valence-electron chi connectivity index (χ4n) is 3.96. The average molecular weight is 485 g/mol. The van der Waals surface area contributed by atoms with Gasteiger partial charge in [-0.2, -0.15) is 0 Å². The molecule has 0 aromatic heterocycles. The predicted octanol–water partition coefficient (Wildman–Crippen LogP) is 6.14. The Morgan fingerprint density at radius 1 is 0.771 bits per heavy atom. The molecule has 0 saturated carbocycles. The summed E-state index contributed by atoms with van der Waals surface area (Å²) < 4.78 is 0. The van der Waals surface area contributed by atoms with E-state index in [0.29, 0.717) is 16.5 Å². The molecule has 3 N–H and O–H groups in total. The number of aromatic carboxylic acids is 1. The fraction of sp³-hybridized carbons (Fsp3) is 0.107. The molecule has 0 aliphatic heterocycles. The van der Waals surface area contributed by atoms with Crippen molar-refractivity contribution in [2.45, 2.75) is 18.7 Å². The molecule has 0 atom stereocenters. The van der Waals surface area contributed by atoms with Gasteiger partial charge in [0.05, 0.1) is 11.3 Å². The van der Waals surface area contributed by atoms with Crippen molar-refractivity contribution in [3.8, 4) is 0 Å². The number of thioether (sulfide) groups is 1. The van der Waals surface area contributed by atoms with Gasteiger partial charge in [-0.15, -0.1) is 11.8 Å². The predicted molar refractivity (Wildman–Crippen MR) is 141 cm³/mol. The van der Waals surface area contributed by atoms with Crippen LogP contribution in [0.4, 0.5) is 11.4 Å². The lowest BCUT2D eigenvalue weighted by atomic mass is 9.98. The standard InChI is InChI=1S/C28H24N2O4S/c1-17-12-18(2)14-21(13-17)29-25(31)16-35-22-9-5-8-20(15-22)30-27(32)23-10-3-6-19-7-4-11-24(26(19)23)28(33)34/h3-15H,16H2,1-2H3,(H,29,31)(H,30,32)(H,33,34). The summed E-state index contributed by atoms with van der Waals surface area (Å²) in [5, 5.41) is 16.4. The van der Waals surface area contributed by atoms with Crippen molar-refractivity contribution in [3.63, 3.8) is 0 Å². The summed E-state index contributed by atoms with van der Waals surface area (Å²) in [5.74, 6) is -1.39. The largest absolute Gasteiger partial charge is 0.478 e. The highest BCUT2D eigenvalue weighted by Crippen LogP contribution is 2.26. The highest BCUT2D eigenvalue weighted by atomic mass is 32.2. The van der Waals surface area contributed by atoms with E-state index >= 15 is 0 Å². The zero-order valence-electron chi connectivity index (χ0n) is 19.3. The van der Waals surface area contributed by atoms with Crippen LogP contribution in [0.15, 0.2) is 83.8 Å². The molecule has 0 heterocycles. The van der Waals surface area contributed by atoms with Crippen molar-refractivity contribution >= 4 is 51.7 Å². The quantitative estimate of drug-likeness (QED) is 0.274. The molecule has 0 aliphatic carbocycles. The number of fused-ring (bicyclic) bond motifs is 1. The van der Waals surface area contributed by atoms with Crippen molar-refractivity contribution in [3.05, 3.63) is 101 Å². The van der Waals surface area contributed by atoms with E-state index in [-0.39, 0.29) is 22.8 Å². The van der Waals surface area contributed by atoms with Crippen molar-refractivity contribution < 1.29 is 19.5 Å². The normalized spacial score (nSPS) is 10.7. The van der Waals surface area contributed by atoms with Gasteiger partial charge in [-0.1, -0.05) is 36.4 Å². The van der Waals surface area contributed by atoms with Gasteiger partial charge in [-0.05, 0) is 72.8 Å². The molecule has 0 fully saturated rings. The van der Waals surface area contributed by atoms with E-state index in [2.05, 4.69) is 10.6 Å². The molecule has 6 nitrogen and oxygen atoms in total. The third-order valence-electron chi connectivity index (χ3n) is 5.35. The Morgan fingerprint density at radius 2 is 1.43 bits per heavy atom. The number of rotatable bonds is 7. The molecule has 35 heavy (non-hydrogen) atoms. The number of carboxylic acids is 1. The maximum absolute atomic E-state index is 13.1. The summed E-state index contributed by atoms with van der Waals surface area (Å²) in [4.78, 5) is 38.0. The summed E-state index contributed by atoms with van der Waals surface area (Å²) in [5.41, 5.74) is 3.85. The number of carboxylic acid groups (broad SMARTS) is 1. The van der Waals surface area contributed by atoms with Gasteiger partial charge in [0.15, 0.2) is 0 Å². The molecule has 7 heteroatoms. The highest BCUT2D eigenvalue weighted by Gasteiger charge is 2.17. The number of amides is 2. The van der Waals surface area contributed by atoms with Gasteiger partial charge in [0, 0.05) is 27.2 Å². The third kappa shape index (κ3) is 5.88. The Bertz CT molecular complexity index is 1420. The van der Waals surface area contributed by atoms with E-state index in [1.807, 2.05) is 38.1 Å². The van der Waals surface area contributed by atoms with Crippen molar-refractivity contribution in [1.82, 2.24) is 0 Å². The molecule has 0 radical (unpaired) electrons. The van der Waals surface area contributed by atoms with Gasteiger partial charge in [0.1, 0.15) is 0 Å². The van der Waals surface area contributed by atoms with Crippen LogP contribution in [0, 0.1) is 13.8 Å². The van der Waals surface area contributed by atoms with Crippen LogP contribution in [0.3, 0.4) is 0 Å². The lowest BCUT2D eigenvalue weighted by Crippen LogP contribution is -2.14. The maximum atomic E-state index is 13.1. The SMILES string of the molecule is Cc1cc(C)cc(NC(=O)CSc2cccc(NC(=O)c3cccc4cccc(C(=O)O)c34)c2)c1. The van der Waals surface area contributed by atoms with Gasteiger partial charge in [-0.25, -0.2) is 4.79 Å². The zero-order valence-corrected chi connectivity index (χ0v) is 20.1. The van der Waals surface area contributed by atoms with Crippen LogP contribution in [0.2, 0.25) is 0 Å². The Morgan fingerprint density at radius 3 is 2.11 bits per heavy atom. The first-order chi connectivity index (χ1) is 16.8. The second-order valence-electron chi connectivity index (χ2n) is 8.21. The van der Waals surface area contributed by atoms with Crippen LogP contribution >= 0.6 is 11.8 Å². The Kier molecular flexibility index (Phi) is 7.17. The molecule has 176 valence electrons. The van der Waals surface area contributed by atoms with Gasteiger partial charge < -0.3 is 15.7 Å². The van der Waals surface area contributed by atoms with Gasteiger partial charge in [-0.3, -0.25) is 9.59 Å². The molecule has 0 saturated heterocycles. The minimum atomic E-state index is -1.09. The molecular formula is C28H24N2O4S. The van der Waals surface area contributed by atoms with E-state index in [9.17, 15) is 19.5 Å². The number of aryl methyl sites for hydroxylation is 2. The number of anilines is 2. The van der Waals surface area contributed by atoms with Gasteiger partial charge in [0.2, 0.25) is 5.91 Å².